The Morgan fingerprint density at radius 1 is 1.26 bits per heavy atom. The molecule has 1 heterocycles. The lowest BCUT2D eigenvalue weighted by atomic mass is 9.63. The molecule has 0 aromatic rings. The van der Waals surface area contributed by atoms with E-state index >= 15 is 0 Å². The van der Waals surface area contributed by atoms with Crippen molar-refractivity contribution in [3.05, 3.63) is 12.2 Å². The zero-order valence-electron chi connectivity index (χ0n) is 13.6. The third-order valence-electron chi connectivity index (χ3n) is 4.91. The fourth-order valence-corrected chi connectivity index (χ4v) is 4.09. The van der Waals surface area contributed by atoms with E-state index in [1.54, 1.807) is 7.11 Å². The van der Waals surface area contributed by atoms with Gasteiger partial charge in [-0.05, 0) is 31.6 Å². The van der Waals surface area contributed by atoms with Crippen molar-refractivity contribution < 1.29 is 9.47 Å². The van der Waals surface area contributed by atoms with Crippen LogP contribution in [0.15, 0.2) is 12.2 Å². The Balaban J connectivity index is 0.000000861. The highest BCUT2D eigenvalue weighted by Crippen LogP contribution is 2.51. The molecule has 0 bridgehead atoms. The van der Waals surface area contributed by atoms with Crippen molar-refractivity contribution in [1.29, 1.82) is 0 Å². The van der Waals surface area contributed by atoms with Crippen LogP contribution in [0.4, 0.5) is 0 Å². The Kier molecular flexibility index (Phi) is 6.55. The molecule has 19 heavy (non-hydrogen) atoms. The highest BCUT2D eigenvalue weighted by molar-refractivity contribution is 5.17. The van der Waals surface area contributed by atoms with Crippen LogP contribution >= 0.6 is 0 Å². The minimum atomic E-state index is -0.0152. The van der Waals surface area contributed by atoms with Gasteiger partial charge in [0.2, 0.25) is 0 Å². The number of hydrogen-bond acceptors (Lipinski definition) is 2. The van der Waals surface area contributed by atoms with E-state index < -0.39 is 0 Å². The number of rotatable bonds is 3. The standard InChI is InChI=1S/C15H26O2.C2H6/c1-6-11-8-13-14(9(3)12(11)7-2)10(4)17-15(13)16-5;1-2/h10-15H,3,6-8H2,1-2,4-5H3;1-2H3. The maximum absolute atomic E-state index is 5.93. The summed E-state index contributed by atoms with van der Waals surface area (Å²) in [4.78, 5) is 0. The van der Waals surface area contributed by atoms with E-state index in [0.29, 0.717) is 17.8 Å². The van der Waals surface area contributed by atoms with E-state index in [1.165, 1.54) is 24.8 Å². The molecule has 0 radical (unpaired) electrons. The molecule has 0 N–H and O–H groups in total. The predicted octanol–water partition coefficient (Wildman–Crippen LogP) is 4.65. The Hall–Kier alpha value is -0.340. The van der Waals surface area contributed by atoms with Gasteiger partial charge < -0.3 is 9.47 Å². The maximum atomic E-state index is 5.93. The van der Waals surface area contributed by atoms with Crippen molar-refractivity contribution in [1.82, 2.24) is 0 Å². The van der Waals surface area contributed by atoms with Gasteiger partial charge in [0.15, 0.2) is 6.29 Å². The van der Waals surface area contributed by atoms with Crippen LogP contribution in [-0.2, 0) is 9.47 Å². The first kappa shape index (κ1) is 16.7. The van der Waals surface area contributed by atoms with Crippen molar-refractivity contribution >= 4 is 0 Å². The van der Waals surface area contributed by atoms with Crippen LogP contribution in [0.25, 0.3) is 0 Å². The summed E-state index contributed by atoms with van der Waals surface area (Å²) < 4.78 is 11.4. The summed E-state index contributed by atoms with van der Waals surface area (Å²) in [7, 11) is 1.76. The Bertz CT molecular complexity index is 287. The van der Waals surface area contributed by atoms with Gasteiger partial charge in [0.25, 0.3) is 0 Å². The van der Waals surface area contributed by atoms with Crippen LogP contribution in [0.3, 0.4) is 0 Å². The van der Waals surface area contributed by atoms with Gasteiger partial charge in [0.1, 0.15) is 0 Å². The van der Waals surface area contributed by atoms with Gasteiger partial charge in [0.05, 0.1) is 6.10 Å². The largest absolute Gasteiger partial charge is 0.356 e. The van der Waals surface area contributed by atoms with Crippen LogP contribution in [0.5, 0.6) is 0 Å². The van der Waals surface area contributed by atoms with Gasteiger partial charge in [-0.1, -0.05) is 46.3 Å². The third-order valence-corrected chi connectivity index (χ3v) is 4.91. The fourth-order valence-electron chi connectivity index (χ4n) is 4.09. The van der Waals surface area contributed by atoms with Crippen LogP contribution in [-0.4, -0.2) is 19.5 Å². The summed E-state index contributed by atoms with van der Waals surface area (Å²) in [6.45, 7) is 15.1. The second-order valence-electron chi connectivity index (χ2n) is 5.63. The van der Waals surface area contributed by atoms with Crippen molar-refractivity contribution in [2.24, 2.45) is 23.7 Å². The summed E-state index contributed by atoms with van der Waals surface area (Å²) in [6, 6.07) is 0. The SMILES string of the molecule is C=C1C(CC)C(CC)CC2C(OC)OC(C)C12.CC. The molecule has 2 heteroatoms. The van der Waals surface area contributed by atoms with Gasteiger partial charge in [-0.2, -0.15) is 0 Å². The number of hydrogen-bond donors (Lipinski definition) is 0. The average Bonchev–Trinajstić information content (AvgIpc) is 2.77. The van der Waals surface area contributed by atoms with Gasteiger partial charge in [-0.3, -0.25) is 0 Å². The molecule has 0 spiro atoms. The summed E-state index contributed by atoms with van der Waals surface area (Å²) in [5, 5.41) is 0. The van der Waals surface area contributed by atoms with E-state index in [4.69, 9.17) is 9.47 Å². The van der Waals surface area contributed by atoms with E-state index in [1.807, 2.05) is 13.8 Å². The third kappa shape index (κ3) is 3.05. The molecule has 1 saturated carbocycles. The van der Waals surface area contributed by atoms with E-state index in [0.717, 1.165) is 5.92 Å². The molecule has 0 aromatic heterocycles. The molecule has 112 valence electrons. The topological polar surface area (TPSA) is 18.5 Å². The van der Waals surface area contributed by atoms with Crippen LogP contribution in [0, 0.1) is 23.7 Å². The van der Waals surface area contributed by atoms with Gasteiger partial charge in [-0.15, -0.1) is 0 Å². The number of fused-ring (bicyclic) bond motifs is 1. The van der Waals surface area contributed by atoms with Gasteiger partial charge >= 0.3 is 0 Å². The lowest BCUT2D eigenvalue weighted by Gasteiger charge is -2.41. The molecule has 6 atom stereocenters. The van der Waals surface area contributed by atoms with Crippen LogP contribution in [0.1, 0.15) is 53.9 Å². The molecule has 2 fully saturated rings. The minimum Gasteiger partial charge on any atom is -0.356 e. The molecule has 6 unspecified atom stereocenters. The first-order valence-corrected chi connectivity index (χ1v) is 8.00. The summed E-state index contributed by atoms with van der Waals surface area (Å²) in [5.74, 6) is 2.48. The van der Waals surface area contributed by atoms with Gasteiger partial charge in [0, 0.05) is 18.9 Å². The highest BCUT2D eigenvalue weighted by atomic mass is 16.7. The first-order chi connectivity index (χ1) is 9.13. The second kappa shape index (κ2) is 7.44. The molecule has 0 amide bonds. The molecule has 1 saturated heterocycles. The Morgan fingerprint density at radius 2 is 1.89 bits per heavy atom. The molecule has 2 aliphatic rings. The maximum Gasteiger partial charge on any atom is 0.161 e. The fraction of sp³-hybridized carbons (Fsp3) is 0.882. The lowest BCUT2D eigenvalue weighted by Crippen LogP contribution is -2.37. The smallest absolute Gasteiger partial charge is 0.161 e. The molecule has 2 nitrogen and oxygen atoms in total. The summed E-state index contributed by atoms with van der Waals surface area (Å²) in [6.07, 6.45) is 3.95. The van der Waals surface area contributed by atoms with Crippen molar-refractivity contribution in [2.45, 2.75) is 66.3 Å². The lowest BCUT2D eigenvalue weighted by molar-refractivity contribution is -0.131. The zero-order valence-corrected chi connectivity index (χ0v) is 13.6. The monoisotopic (exact) mass is 268 g/mol. The summed E-state index contributed by atoms with van der Waals surface area (Å²) in [5.41, 5.74) is 1.42. The minimum absolute atomic E-state index is 0.0152. The molecular weight excluding hydrogens is 236 g/mol. The average molecular weight is 268 g/mol. The quantitative estimate of drug-likeness (QED) is 0.694. The van der Waals surface area contributed by atoms with Crippen LogP contribution in [0.2, 0.25) is 0 Å². The van der Waals surface area contributed by atoms with Crippen molar-refractivity contribution in [3.63, 3.8) is 0 Å². The van der Waals surface area contributed by atoms with Crippen LogP contribution < -0.4 is 0 Å². The first-order valence-electron chi connectivity index (χ1n) is 8.00. The molecule has 0 aromatic carbocycles. The zero-order chi connectivity index (χ0) is 14.6. The predicted molar refractivity (Wildman–Crippen MR) is 81.0 cm³/mol. The number of methoxy groups -OCH3 is 1. The van der Waals surface area contributed by atoms with Gasteiger partial charge in [-0.25, -0.2) is 0 Å². The second-order valence-corrected chi connectivity index (χ2v) is 5.63. The number of ether oxygens (including phenoxy) is 2. The normalized spacial score (nSPS) is 41.5. The van der Waals surface area contributed by atoms with Crippen molar-refractivity contribution in [2.75, 3.05) is 7.11 Å². The van der Waals surface area contributed by atoms with E-state index in [-0.39, 0.29) is 12.4 Å². The highest BCUT2D eigenvalue weighted by Gasteiger charge is 2.49. The Morgan fingerprint density at radius 3 is 2.37 bits per heavy atom. The van der Waals surface area contributed by atoms with E-state index in [2.05, 4.69) is 27.4 Å². The van der Waals surface area contributed by atoms with E-state index in [9.17, 15) is 0 Å². The summed E-state index contributed by atoms with van der Waals surface area (Å²) >= 11 is 0. The molecule has 1 aliphatic heterocycles. The molecule has 2 rings (SSSR count). The molecule has 1 aliphatic carbocycles. The van der Waals surface area contributed by atoms with Crippen molar-refractivity contribution in [3.8, 4) is 0 Å². The Labute approximate surface area is 119 Å². The molecular formula is C17H32O2.